The monoisotopic (exact) mass is 240 g/mol. The molecule has 0 spiro atoms. The molecule has 0 aliphatic carbocycles. The molecule has 2 fully saturated rings. The van der Waals surface area contributed by atoms with Gasteiger partial charge in [-0.3, -0.25) is 9.09 Å². The number of fused-ring (bicyclic) bond motifs is 2. The fourth-order valence-corrected chi connectivity index (χ4v) is 2.62. The number of rotatable bonds is 4. The van der Waals surface area contributed by atoms with E-state index < -0.39 is 32.0 Å². The fourth-order valence-electron chi connectivity index (χ4n) is 1.89. The van der Waals surface area contributed by atoms with Crippen molar-refractivity contribution in [1.29, 1.82) is 0 Å². The van der Waals surface area contributed by atoms with Crippen molar-refractivity contribution in [2.45, 2.75) is 17.8 Å². The molecule has 0 aromatic carbocycles. The Morgan fingerprint density at radius 2 is 2.53 bits per heavy atom. The number of hydrogen-bond donors (Lipinski definition) is 1. The van der Waals surface area contributed by atoms with Crippen molar-refractivity contribution in [3.8, 4) is 0 Å². The second-order valence-corrected chi connectivity index (χ2v) is 5.67. The zero-order valence-corrected chi connectivity index (χ0v) is 9.48. The Labute approximate surface area is 89.4 Å². The van der Waals surface area contributed by atoms with Crippen molar-refractivity contribution < 1.29 is 29.6 Å². The van der Waals surface area contributed by atoms with Gasteiger partial charge in [0.15, 0.2) is 0 Å². The van der Waals surface area contributed by atoms with Crippen LogP contribution < -0.4 is 0 Å². The first-order chi connectivity index (χ1) is 7.38. The number of ether oxygens (including phenoxy) is 3. The summed E-state index contributed by atoms with van der Waals surface area (Å²) in [6, 6.07) is 0. The Bertz CT molecular complexity index is 320. The van der Waals surface area contributed by atoms with Crippen molar-refractivity contribution in [2.24, 2.45) is 0 Å². The van der Waals surface area contributed by atoms with E-state index in [4.69, 9.17) is 20.1 Å². The molecule has 2 saturated heterocycles. The number of hydrogen-bond acceptors (Lipinski definition) is 5. The van der Waals surface area contributed by atoms with Gasteiger partial charge in [0.05, 0.1) is 21.2 Å². The van der Waals surface area contributed by atoms with Gasteiger partial charge in [-0.15, -0.1) is 0 Å². The van der Waals surface area contributed by atoms with Crippen molar-refractivity contribution in [1.82, 2.24) is 0 Å². The van der Waals surface area contributed by atoms with E-state index in [1.165, 1.54) is 7.11 Å². The predicted molar refractivity (Wildman–Crippen MR) is 50.9 cm³/mol. The Kier molecular flexibility index (Phi) is 2.59. The maximum absolute atomic E-state index is 11.3. The third kappa shape index (κ3) is 2.11. The van der Waals surface area contributed by atoms with Crippen LogP contribution in [0.25, 0.3) is 0 Å². The molecule has 15 heavy (non-hydrogen) atoms. The van der Waals surface area contributed by atoms with Gasteiger partial charge in [-0.1, -0.05) is 0 Å². The quantitative estimate of drug-likeness (QED) is 0.697. The summed E-state index contributed by atoms with van der Waals surface area (Å²) in [5.74, 6) is 0. The lowest BCUT2D eigenvalue weighted by atomic mass is 10.0. The van der Waals surface area contributed by atoms with E-state index in [1.807, 2.05) is 0 Å². The molecule has 0 aromatic heterocycles. The zero-order valence-electron chi connectivity index (χ0n) is 9.58. The summed E-state index contributed by atoms with van der Waals surface area (Å²) in [4.78, 5) is 9.23. The molecule has 0 saturated carbocycles. The molecule has 5 atom stereocenters. The summed E-state index contributed by atoms with van der Waals surface area (Å²) in [7, 11) is -2.15. The summed E-state index contributed by atoms with van der Waals surface area (Å²) in [5.41, 5.74) is -0.930. The molecule has 2 aliphatic heterocycles. The summed E-state index contributed by atoms with van der Waals surface area (Å²) < 4.78 is 39.7. The second kappa shape index (κ2) is 3.80. The average molecular weight is 240 g/mol. The van der Waals surface area contributed by atoms with Crippen LogP contribution in [-0.4, -0.2) is 56.3 Å². The van der Waals surface area contributed by atoms with E-state index in [2.05, 4.69) is 0 Å². The van der Waals surface area contributed by atoms with Crippen LogP contribution in [0.1, 0.15) is 1.37 Å². The highest BCUT2D eigenvalue weighted by molar-refractivity contribution is 7.51. The van der Waals surface area contributed by atoms with Crippen molar-refractivity contribution >= 4 is 7.60 Å². The van der Waals surface area contributed by atoms with Gasteiger partial charge in [0.2, 0.25) is 0 Å². The smallest absolute Gasteiger partial charge is 0.325 e. The first kappa shape index (κ1) is 10.2. The molecular formula is C8H15O6P. The third-order valence-electron chi connectivity index (χ3n) is 2.47. The van der Waals surface area contributed by atoms with E-state index in [9.17, 15) is 9.46 Å². The largest absolute Gasteiger partial charge is 0.381 e. The molecule has 2 rings (SSSR count). The molecule has 0 amide bonds. The van der Waals surface area contributed by atoms with Gasteiger partial charge in [0, 0.05) is 13.8 Å². The lowest BCUT2D eigenvalue weighted by Crippen LogP contribution is -2.45. The van der Waals surface area contributed by atoms with E-state index >= 15 is 0 Å². The molecule has 0 radical (unpaired) electrons. The van der Waals surface area contributed by atoms with Crippen LogP contribution in [0.15, 0.2) is 0 Å². The van der Waals surface area contributed by atoms with Gasteiger partial charge < -0.3 is 19.1 Å². The van der Waals surface area contributed by atoms with E-state index in [0.717, 1.165) is 6.66 Å². The zero-order chi connectivity index (χ0) is 12.0. The van der Waals surface area contributed by atoms with Gasteiger partial charge in [-0.25, -0.2) is 0 Å². The second-order valence-electron chi connectivity index (χ2n) is 3.86. The summed E-state index contributed by atoms with van der Waals surface area (Å²) in [6.07, 6.45) is -1.36. The standard InChI is InChI=1S/C8H15O6P/c1-11-4-8-5-12-6(3-13-8)7(8)14-15(2,9)10/h6-7H,3-5H2,1-2H3,(H,9,10)/t6-,7?,8-/m1/s1/i3T/t3-,6+,7?,8+/m0. The Balaban J connectivity index is 2.19. The highest BCUT2D eigenvalue weighted by atomic mass is 31.2. The first-order valence-electron chi connectivity index (χ1n) is 5.15. The topological polar surface area (TPSA) is 74.2 Å². The van der Waals surface area contributed by atoms with Gasteiger partial charge in [-0.05, 0) is 0 Å². The van der Waals surface area contributed by atoms with Crippen molar-refractivity contribution in [3.63, 3.8) is 0 Å². The van der Waals surface area contributed by atoms with Crippen LogP contribution in [0, 0.1) is 0 Å². The Morgan fingerprint density at radius 3 is 3.07 bits per heavy atom. The van der Waals surface area contributed by atoms with Crippen molar-refractivity contribution in [2.75, 3.05) is 33.6 Å². The average Bonchev–Trinajstić information content (AvgIpc) is 2.54. The Hall–Kier alpha value is 0.0300. The van der Waals surface area contributed by atoms with Crippen LogP contribution >= 0.6 is 7.60 Å². The van der Waals surface area contributed by atoms with E-state index in [-0.39, 0.29) is 13.2 Å². The maximum atomic E-state index is 11.3. The lowest BCUT2D eigenvalue weighted by Gasteiger charge is -2.28. The van der Waals surface area contributed by atoms with E-state index in [0.29, 0.717) is 0 Å². The van der Waals surface area contributed by atoms with Crippen LogP contribution in [0.4, 0.5) is 0 Å². The minimum atomic E-state index is -3.64. The molecule has 6 nitrogen and oxygen atoms in total. The molecule has 2 heterocycles. The highest BCUT2D eigenvalue weighted by Crippen LogP contribution is 2.47. The summed E-state index contributed by atoms with van der Waals surface area (Å²) in [5, 5.41) is 0. The van der Waals surface area contributed by atoms with Gasteiger partial charge in [-0.2, -0.15) is 0 Å². The van der Waals surface area contributed by atoms with Crippen LogP contribution in [-0.2, 0) is 23.3 Å². The molecule has 7 heteroatoms. The Morgan fingerprint density at radius 1 is 1.80 bits per heavy atom. The van der Waals surface area contributed by atoms with Crippen molar-refractivity contribution in [3.05, 3.63) is 0 Å². The van der Waals surface area contributed by atoms with Gasteiger partial charge in [0.1, 0.15) is 17.8 Å². The van der Waals surface area contributed by atoms with Crippen LogP contribution in [0.2, 0.25) is 0 Å². The van der Waals surface area contributed by atoms with E-state index in [1.54, 1.807) is 0 Å². The minimum Gasteiger partial charge on any atom is -0.381 e. The SMILES string of the molecule is [3H][C@@H]1O[C@]2(COC)CO[C@H]1C2OP(C)(=O)O. The van der Waals surface area contributed by atoms with Crippen LogP contribution in [0.5, 0.6) is 0 Å². The first-order valence-corrected chi connectivity index (χ1v) is 6.60. The number of methoxy groups -OCH3 is 1. The molecule has 2 bridgehead atoms. The molecule has 2 aliphatic rings. The summed E-state index contributed by atoms with van der Waals surface area (Å²) in [6.45, 7) is 0.583. The minimum absolute atomic E-state index is 0.170. The lowest BCUT2D eigenvalue weighted by molar-refractivity contribution is -0.127. The molecule has 88 valence electrons. The molecular weight excluding hydrogens is 223 g/mol. The normalized spacial score (nSPS) is 49.0. The van der Waals surface area contributed by atoms with Gasteiger partial charge >= 0.3 is 7.60 Å². The fraction of sp³-hybridized carbons (Fsp3) is 1.00. The maximum Gasteiger partial charge on any atom is 0.325 e. The summed E-state index contributed by atoms with van der Waals surface area (Å²) >= 11 is 0. The van der Waals surface area contributed by atoms with Crippen LogP contribution in [0.3, 0.4) is 0 Å². The highest BCUT2D eigenvalue weighted by Gasteiger charge is 2.59. The molecule has 1 N–H and O–H groups in total. The predicted octanol–water partition coefficient (Wildman–Crippen LogP) is 0.001000. The van der Waals surface area contributed by atoms with Gasteiger partial charge in [0.25, 0.3) is 0 Å². The third-order valence-corrected chi connectivity index (χ3v) is 3.09. The molecule has 2 unspecified atom stereocenters. The molecule has 0 aromatic rings.